The molecule has 1 aromatic heterocycles. The first-order valence-corrected chi connectivity index (χ1v) is 7.29. The molecule has 0 radical (unpaired) electrons. The van der Waals surface area contributed by atoms with Gasteiger partial charge >= 0.3 is 11.9 Å². The Balaban J connectivity index is 2.53. The number of hydrogen-bond donors (Lipinski definition) is 1. The van der Waals surface area contributed by atoms with Crippen molar-refractivity contribution in [3.63, 3.8) is 0 Å². The zero-order chi connectivity index (χ0) is 17.9. The van der Waals surface area contributed by atoms with Gasteiger partial charge in [-0.3, -0.25) is 14.2 Å². The van der Waals surface area contributed by atoms with Crippen molar-refractivity contribution in [2.45, 2.75) is 32.9 Å². The van der Waals surface area contributed by atoms with Crippen LogP contribution in [0.2, 0.25) is 0 Å². The smallest absolute Gasteiger partial charge is 0.342 e. The highest BCUT2D eigenvalue weighted by Crippen LogP contribution is 2.16. The SMILES string of the molecule is CC(C)(C)OC(=O)Cn1c(-c2ccccc2)ncc(C(=O)O)c1=O. The summed E-state index contributed by atoms with van der Waals surface area (Å²) in [5.41, 5.74) is -1.43. The first-order chi connectivity index (χ1) is 11.2. The van der Waals surface area contributed by atoms with Gasteiger partial charge in [0.2, 0.25) is 0 Å². The first kappa shape index (κ1) is 17.4. The van der Waals surface area contributed by atoms with Crippen molar-refractivity contribution in [3.8, 4) is 11.4 Å². The summed E-state index contributed by atoms with van der Waals surface area (Å²) in [7, 11) is 0. The highest BCUT2D eigenvalue weighted by Gasteiger charge is 2.21. The predicted octanol–water partition coefficient (Wildman–Crippen LogP) is 1.95. The number of hydrogen-bond acceptors (Lipinski definition) is 5. The average molecular weight is 330 g/mol. The van der Waals surface area contributed by atoms with Gasteiger partial charge in [-0.15, -0.1) is 0 Å². The fourth-order valence-corrected chi connectivity index (χ4v) is 2.11. The molecule has 24 heavy (non-hydrogen) atoms. The van der Waals surface area contributed by atoms with Gasteiger partial charge in [-0.25, -0.2) is 9.78 Å². The molecule has 1 heterocycles. The van der Waals surface area contributed by atoms with E-state index in [4.69, 9.17) is 9.84 Å². The number of rotatable bonds is 4. The van der Waals surface area contributed by atoms with E-state index in [1.807, 2.05) is 0 Å². The maximum atomic E-state index is 12.4. The summed E-state index contributed by atoms with van der Waals surface area (Å²) in [6.07, 6.45) is 0.999. The van der Waals surface area contributed by atoms with E-state index in [9.17, 15) is 14.4 Å². The van der Waals surface area contributed by atoms with E-state index < -0.39 is 35.2 Å². The van der Waals surface area contributed by atoms with Crippen LogP contribution in [-0.2, 0) is 16.1 Å². The summed E-state index contributed by atoms with van der Waals surface area (Å²) in [6, 6.07) is 8.74. The number of carbonyl (C=O) groups excluding carboxylic acids is 1. The Bertz CT molecular complexity index is 819. The van der Waals surface area contributed by atoms with Crippen LogP contribution in [-0.4, -0.2) is 32.2 Å². The molecule has 0 fully saturated rings. The number of aromatic nitrogens is 2. The van der Waals surface area contributed by atoms with E-state index in [0.29, 0.717) is 5.56 Å². The van der Waals surface area contributed by atoms with Crippen molar-refractivity contribution in [1.29, 1.82) is 0 Å². The monoisotopic (exact) mass is 330 g/mol. The van der Waals surface area contributed by atoms with E-state index in [1.54, 1.807) is 51.1 Å². The summed E-state index contributed by atoms with van der Waals surface area (Å²) in [5, 5.41) is 9.10. The zero-order valence-corrected chi connectivity index (χ0v) is 13.6. The quantitative estimate of drug-likeness (QED) is 0.860. The van der Waals surface area contributed by atoms with Crippen molar-refractivity contribution in [3.05, 3.63) is 52.4 Å². The van der Waals surface area contributed by atoms with Gasteiger partial charge in [0.25, 0.3) is 5.56 Å². The molecule has 1 N–H and O–H groups in total. The van der Waals surface area contributed by atoms with E-state index in [0.717, 1.165) is 10.8 Å². The Labute approximate surface area is 138 Å². The van der Waals surface area contributed by atoms with E-state index in [2.05, 4.69) is 4.98 Å². The molecular formula is C17H18N2O5. The Morgan fingerprint density at radius 1 is 1.21 bits per heavy atom. The Kier molecular flexibility index (Phi) is 4.82. The van der Waals surface area contributed by atoms with Gasteiger partial charge in [0.15, 0.2) is 0 Å². The second-order valence-electron chi connectivity index (χ2n) is 6.14. The molecule has 0 bridgehead atoms. The Morgan fingerprint density at radius 3 is 2.38 bits per heavy atom. The minimum absolute atomic E-state index is 0.205. The molecule has 0 unspecified atom stereocenters. The number of ether oxygens (including phenoxy) is 1. The summed E-state index contributed by atoms with van der Waals surface area (Å²) in [4.78, 5) is 39.7. The standard InChI is InChI=1S/C17H18N2O5/c1-17(2,3)24-13(20)10-19-14(11-7-5-4-6-8-11)18-9-12(15(19)21)16(22)23/h4-9H,10H2,1-3H3,(H,22,23). The lowest BCUT2D eigenvalue weighted by Crippen LogP contribution is -2.34. The summed E-state index contributed by atoms with van der Waals surface area (Å²) >= 11 is 0. The molecule has 2 aromatic rings. The van der Waals surface area contributed by atoms with Crippen molar-refractivity contribution < 1.29 is 19.4 Å². The number of nitrogens with zero attached hydrogens (tertiary/aromatic N) is 2. The van der Waals surface area contributed by atoms with Crippen LogP contribution in [0, 0.1) is 0 Å². The van der Waals surface area contributed by atoms with Gasteiger partial charge in [0, 0.05) is 11.8 Å². The lowest BCUT2D eigenvalue weighted by Gasteiger charge is -2.20. The Hall–Kier alpha value is -2.96. The van der Waals surface area contributed by atoms with Crippen molar-refractivity contribution in [2.75, 3.05) is 0 Å². The number of carboxylic acid groups (broad SMARTS) is 1. The normalized spacial score (nSPS) is 11.1. The third-order valence-electron chi connectivity index (χ3n) is 3.02. The molecule has 0 aliphatic heterocycles. The third kappa shape index (κ3) is 4.07. The second-order valence-corrected chi connectivity index (χ2v) is 6.14. The molecule has 0 amide bonds. The topological polar surface area (TPSA) is 98.5 Å². The van der Waals surface area contributed by atoms with Crippen LogP contribution in [0.15, 0.2) is 41.3 Å². The lowest BCUT2D eigenvalue weighted by atomic mass is 10.2. The number of esters is 1. The van der Waals surface area contributed by atoms with Crippen molar-refractivity contribution in [2.24, 2.45) is 0 Å². The fraction of sp³-hybridized carbons (Fsp3) is 0.294. The van der Waals surface area contributed by atoms with Crippen LogP contribution in [0.1, 0.15) is 31.1 Å². The van der Waals surface area contributed by atoms with Gasteiger partial charge < -0.3 is 9.84 Å². The van der Waals surface area contributed by atoms with Gasteiger partial charge in [0.05, 0.1) is 0 Å². The third-order valence-corrected chi connectivity index (χ3v) is 3.02. The van der Waals surface area contributed by atoms with E-state index in [1.165, 1.54) is 0 Å². The Morgan fingerprint density at radius 2 is 1.83 bits per heavy atom. The van der Waals surface area contributed by atoms with Crippen LogP contribution < -0.4 is 5.56 Å². The fourth-order valence-electron chi connectivity index (χ4n) is 2.11. The molecule has 0 atom stereocenters. The van der Waals surface area contributed by atoms with Crippen LogP contribution in [0.5, 0.6) is 0 Å². The zero-order valence-electron chi connectivity index (χ0n) is 13.6. The van der Waals surface area contributed by atoms with Crippen LogP contribution in [0.25, 0.3) is 11.4 Å². The number of benzene rings is 1. The summed E-state index contributed by atoms with van der Waals surface area (Å²) in [6.45, 7) is 4.70. The molecule has 126 valence electrons. The molecule has 0 aliphatic carbocycles. The lowest BCUT2D eigenvalue weighted by molar-refractivity contribution is -0.155. The highest BCUT2D eigenvalue weighted by atomic mass is 16.6. The first-order valence-electron chi connectivity index (χ1n) is 7.29. The van der Waals surface area contributed by atoms with Gasteiger partial charge in [0.1, 0.15) is 23.5 Å². The van der Waals surface area contributed by atoms with E-state index >= 15 is 0 Å². The largest absolute Gasteiger partial charge is 0.477 e. The number of aromatic carboxylic acids is 1. The predicted molar refractivity (Wildman–Crippen MR) is 86.7 cm³/mol. The maximum Gasteiger partial charge on any atom is 0.342 e. The van der Waals surface area contributed by atoms with Crippen LogP contribution >= 0.6 is 0 Å². The molecule has 7 heteroatoms. The molecule has 7 nitrogen and oxygen atoms in total. The van der Waals surface area contributed by atoms with Gasteiger partial charge in [-0.05, 0) is 20.8 Å². The average Bonchev–Trinajstić information content (AvgIpc) is 2.48. The molecule has 0 aliphatic rings. The summed E-state index contributed by atoms with van der Waals surface area (Å²) < 4.78 is 6.23. The molecule has 0 saturated carbocycles. The molecule has 0 saturated heterocycles. The van der Waals surface area contributed by atoms with Gasteiger partial charge in [-0.2, -0.15) is 0 Å². The maximum absolute atomic E-state index is 12.4. The van der Waals surface area contributed by atoms with Gasteiger partial charge in [-0.1, -0.05) is 30.3 Å². The number of carbonyl (C=O) groups is 2. The van der Waals surface area contributed by atoms with Crippen LogP contribution in [0.4, 0.5) is 0 Å². The van der Waals surface area contributed by atoms with Crippen molar-refractivity contribution in [1.82, 2.24) is 9.55 Å². The van der Waals surface area contributed by atoms with E-state index in [-0.39, 0.29) is 5.82 Å². The number of carboxylic acids is 1. The van der Waals surface area contributed by atoms with Crippen LogP contribution in [0.3, 0.4) is 0 Å². The molecule has 2 rings (SSSR count). The second kappa shape index (κ2) is 6.66. The molecule has 0 spiro atoms. The molecular weight excluding hydrogens is 312 g/mol. The minimum Gasteiger partial charge on any atom is -0.477 e. The van der Waals surface area contributed by atoms with Crippen molar-refractivity contribution >= 4 is 11.9 Å². The molecule has 1 aromatic carbocycles. The minimum atomic E-state index is -1.40. The summed E-state index contributed by atoms with van der Waals surface area (Å²) in [5.74, 6) is -1.84. The highest BCUT2D eigenvalue weighted by molar-refractivity contribution is 5.87.